The predicted molar refractivity (Wildman–Crippen MR) is 78.5 cm³/mol. The summed E-state index contributed by atoms with van der Waals surface area (Å²) in [7, 11) is 0. The molecule has 3 nitrogen and oxygen atoms in total. The molecule has 1 aromatic rings. The highest BCUT2D eigenvalue weighted by atomic mass is 16.4. The second-order valence-electron chi connectivity index (χ2n) is 5.12. The van der Waals surface area contributed by atoms with Crippen LogP contribution in [0.25, 0.3) is 6.08 Å². The first-order valence-electron chi connectivity index (χ1n) is 6.93. The van der Waals surface area contributed by atoms with Gasteiger partial charge in [-0.3, -0.25) is 0 Å². The van der Waals surface area contributed by atoms with Gasteiger partial charge in [0.05, 0.1) is 0 Å². The lowest BCUT2D eigenvalue weighted by atomic mass is 10.1. The van der Waals surface area contributed by atoms with Crippen molar-refractivity contribution in [3.63, 3.8) is 0 Å². The number of aliphatic carboxylic acids is 1. The van der Waals surface area contributed by atoms with Gasteiger partial charge in [0.15, 0.2) is 0 Å². The zero-order valence-corrected chi connectivity index (χ0v) is 11.4. The highest BCUT2D eigenvalue weighted by Crippen LogP contribution is 2.24. The molecule has 0 saturated carbocycles. The zero-order valence-electron chi connectivity index (χ0n) is 11.4. The average molecular weight is 259 g/mol. The van der Waals surface area contributed by atoms with Crippen LogP contribution < -0.4 is 4.90 Å². The van der Waals surface area contributed by atoms with Crippen LogP contribution >= 0.6 is 0 Å². The number of benzene rings is 1. The quantitative estimate of drug-likeness (QED) is 0.845. The van der Waals surface area contributed by atoms with E-state index in [9.17, 15) is 4.79 Å². The highest BCUT2D eigenvalue weighted by molar-refractivity contribution is 5.85. The molecule has 1 aliphatic rings. The number of carbonyl (C=O) groups is 1. The molecule has 3 heteroatoms. The number of nitrogens with zero attached hydrogens (tertiary/aromatic N) is 1. The fourth-order valence-corrected chi connectivity index (χ4v) is 2.62. The van der Waals surface area contributed by atoms with E-state index in [1.54, 1.807) is 6.08 Å². The number of hydrogen-bond acceptors (Lipinski definition) is 2. The number of carboxylic acids is 1. The summed E-state index contributed by atoms with van der Waals surface area (Å²) < 4.78 is 0. The van der Waals surface area contributed by atoms with Gasteiger partial charge in [-0.1, -0.05) is 18.9 Å². The first-order chi connectivity index (χ1) is 9.16. The molecule has 0 spiro atoms. The van der Waals surface area contributed by atoms with Gasteiger partial charge in [-0.25, -0.2) is 4.79 Å². The minimum absolute atomic E-state index is 0.908. The predicted octanol–water partition coefficient (Wildman–Crippen LogP) is 3.47. The summed E-state index contributed by atoms with van der Waals surface area (Å²) in [6.07, 6.45) is 8.01. The van der Waals surface area contributed by atoms with Gasteiger partial charge in [0.25, 0.3) is 0 Å². The van der Waals surface area contributed by atoms with Crippen LogP contribution in [-0.4, -0.2) is 24.2 Å². The smallest absolute Gasteiger partial charge is 0.328 e. The zero-order chi connectivity index (χ0) is 13.7. The topological polar surface area (TPSA) is 40.5 Å². The Balaban J connectivity index is 2.16. The van der Waals surface area contributed by atoms with Crippen molar-refractivity contribution in [2.75, 3.05) is 18.0 Å². The van der Waals surface area contributed by atoms with E-state index < -0.39 is 5.97 Å². The van der Waals surface area contributed by atoms with Gasteiger partial charge >= 0.3 is 5.97 Å². The molecular weight excluding hydrogens is 238 g/mol. The Morgan fingerprint density at radius 1 is 1.21 bits per heavy atom. The Kier molecular flexibility index (Phi) is 4.61. The number of aryl methyl sites for hydroxylation is 1. The summed E-state index contributed by atoms with van der Waals surface area (Å²) in [6, 6.07) is 6.16. The lowest BCUT2D eigenvalue weighted by Gasteiger charge is -2.24. The van der Waals surface area contributed by atoms with E-state index in [-0.39, 0.29) is 0 Å². The van der Waals surface area contributed by atoms with E-state index in [0.717, 1.165) is 18.7 Å². The molecule has 0 aromatic heterocycles. The molecular formula is C16H21NO2. The SMILES string of the molecule is Cc1cc(C=CC(=O)O)ccc1N1CCCCCC1. The molecule has 2 rings (SSSR count). The molecule has 0 radical (unpaired) electrons. The van der Waals surface area contributed by atoms with Crippen LogP contribution in [0, 0.1) is 6.92 Å². The molecule has 0 bridgehead atoms. The fourth-order valence-electron chi connectivity index (χ4n) is 2.62. The maximum atomic E-state index is 10.5. The van der Waals surface area contributed by atoms with Crippen molar-refractivity contribution in [1.29, 1.82) is 0 Å². The largest absolute Gasteiger partial charge is 0.478 e. The number of rotatable bonds is 3. The number of anilines is 1. The molecule has 19 heavy (non-hydrogen) atoms. The minimum Gasteiger partial charge on any atom is -0.478 e. The van der Waals surface area contributed by atoms with Crippen molar-refractivity contribution >= 4 is 17.7 Å². The van der Waals surface area contributed by atoms with Gasteiger partial charge in [-0.2, -0.15) is 0 Å². The van der Waals surface area contributed by atoms with Gasteiger partial charge in [0, 0.05) is 24.9 Å². The van der Waals surface area contributed by atoms with Gasteiger partial charge in [0.1, 0.15) is 0 Å². The molecule has 0 amide bonds. The van der Waals surface area contributed by atoms with E-state index in [1.165, 1.54) is 43.0 Å². The van der Waals surface area contributed by atoms with Crippen molar-refractivity contribution < 1.29 is 9.90 Å². The van der Waals surface area contributed by atoms with Crippen molar-refractivity contribution in [3.8, 4) is 0 Å². The van der Waals surface area contributed by atoms with Crippen LogP contribution in [0.5, 0.6) is 0 Å². The molecule has 0 unspecified atom stereocenters. The molecule has 1 aliphatic heterocycles. The van der Waals surface area contributed by atoms with Crippen LogP contribution in [0.2, 0.25) is 0 Å². The molecule has 1 heterocycles. The normalized spacial score (nSPS) is 16.6. The molecule has 1 N–H and O–H groups in total. The number of carboxylic acid groups (broad SMARTS) is 1. The van der Waals surface area contributed by atoms with Gasteiger partial charge < -0.3 is 10.0 Å². The summed E-state index contributed by atoms with van der Waals surface area (Å²) in [5.74, 6) is -0.908. The molecule has 0 aliphatic carbocycles. The van der Waals surface area contributed by atoms with Crippen molar-refractivity contribution in [3.05, 3.63) is 35.4 Å². The number of hydrogen-bond donors (Lipinski definition) is 1. The summed E-state index contributed by atoms with van der Waals surface area (Å²) in [5.41, 5.74) is 3.45. The first kappa shape index (κ1) is 13.7. The lowest BCUT2D eigenvalue weighted by Crippen LogP contribution is -2.24. The second kappa shape index (κ2) is 6.41. The molecule has 1 fully saturated rings. The molecule has 102 valence electrons. The third-order valence-corrected chi connectivity index (χ3v) is 3.59. The molecule has 1 saturated heterocycles. The van der Waals surface area contributed by atoms with E-state index in [4.69, 9.17) is 5.11 Å². The summed E-state index contributed by atoms with van der Waals surface area (Å²) in [4.78, 5) is 13.0. The van der Waals surface area contributed by atoms with E-state index >= 15 is 0 Å². The Hall–Kier alpha value is -1.77. The summed E-state index contributed by atoms with van der Waals surface area (Å²) in [5, 5.41) is 8.64. The van der Waals surface area contributed by atoms with E-state index in [0.29, 0.717) is 0 Å². The van der Waals surface area contributed by atoms with Crippen molar-refractivity contribution in [2.45, 2.75) is 32.6 Å². The Labute approximate surface area is 114 Å². The van der Waals surface area contributed by atoms with Crippen LogP contribution in [0.4, 0.5) is 5.69 Å². The molecule has 1 aromatic carbocycles. The van der Waals surface area contributed by atoms with Gasteiger partial charge in [-0.05, 0) is 49.1 Å². The maximum Gasteiger partial charge on any atom is 0.328 e. The third kappa shape index (κ3) is 3.85. The third-order valence-electron chi connectivity index (χ3n) is 3.59. The Morgan fingerprint density at radius 3 is 2.47 bits per heavy atom. The monoisotopic (exact) mass is 259 g/mol. The van der Waals surface area contributed by atoms with Gasteiger partial charge in [0.2, 0.25) is 0 Å². The fraction of sp³-hybridized carbons (Fsp3) is 0.438. The van der Waals surface area contributed by atoms with Crippen LogP contribution in [0.1, 0.15) is 36.8 Å². The second-order valence-corrected chi connectivity index (χ2v) is 5.12. The highest BCUT2D eigenvalue weighted by Gasteiger charge is 2.11. The van der Waals surface area contributed by atoms with Crippen LogP contribution in [0.15, 0.2) is 24.3 Å². The first-order valence-corrected chi connectivity index (χ1v) is 6.93. The standard InChI is InChI=1S/C16H21NO2/c1-13-12-14(7-9-16(18)19)6-8-15(13)17-10-4-2-3-5-11-17/h6-9,12H,2-5,10-11H2,1H3,(H,18,19). The van der Waals surface area contributed by atoms with E-state index in [1.807, 2.05) is 6.07 Å². The molecule has 0 atom stereocenters. The lowest BCUT2D eigenvalue weighted by molar-refractivity contribution is -0.131. The summed E-state index contributed by atoms with van der Waals surface area (Å²) in [6.45, 7) is 4.36. The van der Waals surface area contributed by atoms with Crippen molar-refractivity contribution in [2.24, 2.45) is 0 Å². The maximum absolute atomic E-state index is 10.5. The van der Waals surface area contributed by atoms with Crippen molar-refractivity contribution in [1.82, 2.24) is 0 Å². The summed E-state index contributed by atoms with van der Waals surface area (Å²) >= 11 is 0. The Bertz CT molecular complexity index is 472. The van der Waals surface area contributed by atoms with Gasteiger partial charge in [-0.15, -0.1) is 0 Å². The Morgan fingerprint density at radius 2 is 1.89 bits per heavy atom. The van der Waals surface area contributed by atoms with E-state index in [2.05, 4.69) is 24.0 Å². The van der Waals surface area contributed by atoms with Crippen LogP contribution in [-0.2, 0) is 4.79 Å². The van der Waals surface area contributed by atoms with Crippen LogP contribution in [0.3, 0.4) is 0 Å². The minimum atomic E-state index is -0.908. The average Bonchev–Trinajstić information content (AvgIpc) is 2.65.